The minimum atomic E-state index is -0.559. The van der Waals surface area contributed by atoms with Crippen LogP contribution < -0.4 is 11.1 Å². The second kappa shape index (κ2) is 10.1. The minimum absolute atomic E-state index is 0. The number of amides is 2. The average molecular weight is 529 g/mol. The van der Waals surface area contributed by atoms with Crippen molar-refractivity contribution in [2.75, 3.05) is 11.9 Å². The number of halogens is 1. The van der Waals surface area contributed by atoms with Crippen molar-refractivity contribution in [3.8, 4) is 0 Å². The van der Waals surface area contributed by atoms with E-state index in [1.54, 1.807) is 12.1 Å². The minimum Gasteiger partial charge on any atom is -0.365 e. The smallest absolute Gasteiger partial charge is 0.270 e. The third-order valence-corrected chi connectivity index (χ3v) is 8.04. The van der Waals surface area contributed by atoms with E-state index in [-0.39, 0.29) is 24.0 Å². The molecule has 0 spiro atoms. The molecule has 2 aromatic carbocycles. The van der Waals surface area contributed by atoms with Gasteiger partial charge in [-0.05, 0) is 29.7 Å². The molecule has 0 saturated heterocycles. The van der Waals surface area contributed by atoms with Crippen LogP contribution in [0.15, 0.2) is 54.6 Å². The third kappa shape index (κ3) is 5.06. The summed E-state index contributed by atoms with van der Waals surface area (Å²) in [5.74, 6) is -0.928. The van der Waals surface area contributed by atoms with Gasteiger partial charge < -0.3 is 11.1 Å². The summed E-state index contributed by atoms with van der Waals surface area (Å²) < 4.78 is 0.771. The summed E-state index contributed by atoms with van der Waals surface area (Å²) in [6, 6.07) is 16.3. The summed E-state index contributed by atoms with van der Waals surface area (Å²) in [4.78, 5) is 39.6. The summed E-state index contributed by atoms with van der Waals surface area (Å²) >= 11 is 2.62. The summed E-state index contributed by atoms with van der Waals surface area (Å²) in [5.41, 5.74) is 8.18. The Labute approximate surface area is 214 Å². The zero-order valence-electron chi connectivity index (χ0n) is 18.4. The predicted molar refractivity (Wildman–Crippen MR) is 141 cm³/mol. The largest absolute Gasteiger partial charge is 0.365 e. The first-order valence-corrected chi connectivity index (χ1v) is 12.2. The number of rotatable bonds is 6. The van der Waals surface area contributed by atoms with Crippen LogP contribution in [-0.4, -0.2) is 28.2 Å². The predicted octanol–water partition coefficient (Wildman–Crippen LogP) is 5.20. The number of anilines is 1. The normalized spacial score (nSPS) is 13.1. The fourth-order valence-corrected chi connectivity index (χ4v) is 6.43. The zero-order chi connectivity index (χ0) is 23.8. The molecule has 3 N–H and O–H groups in total. The van der Waals surface area contributed by atoms with E-state index in [0.29, 0.717) is 33.8 Å². The van der Waals surface area contributed by atoms with Gasteiger partial charge in [0.05, 0.1) is 15.4 Å². The van der Waals surface area contributed by atoms with Crippen molar-refractivity contribution in [3.63, 3.8) is 0 Å². The number of nitro benzene ring substituents is 1. The number of non-ortho nitro benzene ring substituents is 1. The summed E-state index contributed by atoms with van der Waals surface area (Å²) in [5, 5.41) is 15.0. The van der Waals surface area contributed by atoms with Gasteiger partial charge in [0, 0.05) is 46.7 Å². The van der Waals surface area contributed by atoms with Crippen LogP contribution in [0.5, 0.6) is 0 Å². The van der Waals surface area contributed by atoms with E-state index in [9.17, 15) is 19.7 Å². The molecule has 0 aliphatic carbocycles. The van der Waals surface area contributed by atoms with Crippen molar-refractivity contribution in [3.05, 3.63) is 91.2 Å². The third-order valence-electron chi connectivity index (χ3n) is 5.79. The average Bonchev–Trinajstić information content (AvgIpc) is 3.40. The number of carbonyl (C=O) groups excluding carboxylic acids is 2. The molecule has 0 unspecified atom stereocenters. The number of hydrogen-bond donors (Lipinski definition) is 2. The van der Waals surface area contributed by atoms with E-state index in [4.69, 9.17) is 5.73 Å². The lowest BCUT2D eigenvalue weighted by Crippen LogP contribution is -2.30. The lowest BCUT2D eigenvalue weighted by molar-refractivity contribution is -0.384. The summed E-state index contributed by atoms with van der Waals surface area (Å²) in [6.07, 6.45) is 0.680. The molecule has 1 aliphatic rings. The molecular formula is C24H21ClN4O4S2. The molecule has 180 valence electrons. The number of nitrogens with zero attached hydrogens (tertiary/aromatic N) is 2. The molecular weight excluding hydrogens is 508 g/mol. The highest BCUT2D eigenvalue weighted by atomic mass is 35.5. The summed E-state index contributed by atoms with van der Waals surface area (Å²) in [7, 11) is 0. The Bertz CT molecular complexity index is 1430. The standard InChI is InChI=1S/C24H20N4O4S2.ClH/c25-22(29)21-17-8-9-27(12-14-4-2-1-3-5-14)13-20(17)34-24(21)26-23(30)19-11-15-10-16(28(31)32)6-7-18(15)33-19;/h1-7,10-11H,8-9,12-13H2,(H2,25,29)(H,26,30);1H. The second-order valence-electron chi connectivity index (χ2n) is 8.06. The van der Waals surface area contributed by atoms with Crippen LogP contribution in [0.4, 0.5) is 10.7 Å². The number of fused-ring (bicyclic) bond motifs is 2. The van der Waals surface area contributed by atoms with E-state index in [2.05, 4.69) is 22.3 Å². The van der Waals surface area contributed by atoms with Gasteiger partial charge in [-0.2, -0.15) is 0 Å². The first kappa shape index (κ1) is 24.8. The quantitative estimate of drug-likeness (QED) is 0.263. The number of nitrogens with two attached hydrogens (primary N) is 1. The molecule has 8 nitrogen and oxygen atoms in total. The lowest BCUT2D eigenvalue weighted by Gasteiger charge is -2.27. The molecule has 2 aromatic heterocycles. The first-order valence-electron chi connectivity index (χ1n) is 10.6. The van der Waals surface area contributed by atoms with Crippen molar-refractivity contribution in [1.29, 1.82) is 0 Å². The van der Waals surface area contributed by atoms with Crippen LogP contribution in [-0.2, 0) is 19.5 Å². The maximum atomic E-state index is 13.0. The van der Waals surface area contributed by atoms with Crippen LogP contribution in [0, 0.1) is 10.1 Å². The Morgan fingerprint density at radius 3 is 2.60 bits per heavy atom. The lowest BCUT2D eigenvalue weighted by atomic mass is 10.0. The second-order valence-corrected chi connectivity index (χ2v) is 10.3. The van der Waals surface area contributed by atoms with Crippen molar-refractivity contribution >= 4 is 67.7 Å². The number of thiophene rings is 2. The van der Waals surface area contributed by atoms with Crippen molar-refractivity contribution in [2.24, 2.45) is 5.73 Å². The van der Waals surface area contributed by atoms with Crippen LogP contribution in [0.25, 0.3) is 10.1 Å². The van der Waals surface area contributed by atoms with Gasteiger partial charge in [0.1, 0.15) is 5.00 Å². The number of carbonyl (C=O) groups is 2. The Balaban J connectivity index is 0.00000289. The highest BCUT2D eigenvalue weighted by Gasteiger charge is 2.28. The van der Waals surface area contributed by atoms with Gasteiger partial charge in [-0.3, -0.25) is 24.6 Å². The molecule has 0 radical (unpaired) electrons. The first-order chi connectivity index (χ1) is 16.4. The Hall–Kier alpha value is -3.31. The molecule has 3 heterocycles. The Morgan fingerprint density at radius 1 is 1.11 bits per heavy atom. The molecule has 11 heteroatoms. The number of primary amides is 1. The summed E-state index contributed by atoms with van der Waals surface area (Å²) in [6.45, 7) is 2.28. The van der Waals surface area contributed by atoms with Gasteiger partial charge in [0.2, 0.25) is 0 Å². The fraction of sp³-hybridized carbons (Fsp3) is 0.167. The van der Waals surface area contributed by atoms with Gasteiger partial charge in [-0.15, -0.1) is 35.1 Å². The SMILES string of the molecule is Cl.NC(=O)c1c(NC(=O)c2cc3cc([N+](=O)[O-])ccc3s2)sc2c1CCN(Cc1ccccc1)C2. The maximum absolute atomic E-state index is 13.0. The number of nitrogens with one attached hydrogen (secondary N) is 1. The molecule has 1 aliphatic heterocycles. The van der Waals surface area contributed by atoms with Crippen molar-refractivity contribution in [2.45, 2.75) is 19.5 Å². The van der Waals surface area contributed by atoms with Gasteiger partial charge in [0.15, 0.2) is 0 Å². The van der Waals surface area contributed by atoms with E-state index in [1.165, 1.54) is 40.4 Å². The molecule has 0 atom stereocenters. The molecule has 0 bridgehead atoms. The topological polar surface area (TPSA) is 119 Å². The van der Waals surface area contributed by atoms with Crippen LogP contribution >= 0.6 is 35.1 Å². The molecule has 4 aromatic rings. The van der Waals surface area contributed by atoms with E-state index < -0.39 is 10.8 Å². The molecule has 0 fully saturated rings. The van der Waals surface area contributed by atoms with E-state index in [1.807, 2.05) is 18.2 Å². The fourth-order valence-electron chi connectivity index (χ4n) is 4.20. The number of nitro groups is 1. The van der Waals surface area contributed by atoms with Gasteiger partial charge >= 0.3 is 0 Å². The Morgan fingerprint density at radius 2 is 1.89 bits per heavy atom. The highest BCUT2D eigenvalue weighted by molar-refractivity contribution is 7.21. The molecule has 5 rings (SSSR count). The van der Waals surface area contributed by atoms with Crippen LogP contribution in [0.1, 0.15) is 36.0 Å². The zero-order valence-corrected chi connectivity index (χ0v) is 20.8. The van der Waals surface area contributed by atoms with E-state index in [0.717, 1.165) is 28.2 Å². The molecule has 0 saturated carbocycles. The van der Waals surface area contributed by atoms with Gasteiger partial charge in [-0.25, -0.2) is 0 Å². The van der Waals surface area contributed by atoms with Crippen LogP contribution in [0.3, 0.4) is 0 Å². The highest BCUT2D eigenvalue weighted by Crippen LogP contribution is 2.38. The molecule has 35 heavy (non-hydrogen) atoms. The monoisotopic (exact) mass is 528 g/mol. The van der Waals surface area contributed by atoms with Gasteiger partial charge in [0.25, 0.3) is 17.5 Å². The number of hydrogen-bond acceptors (Lipinski definition) is 7. The van der Waals surface area contributed by atoms with Crippen molar-refractivity contribution < 1.29 is 14.5 Å². The number of benzene rings is 2. The molecule has 2 amide bonds. The van der Waals surface area contributed by atoms with Crippen molar-refractivity contribution in [1.82, 2.24) is 4.90 Å². The van der Waals surface area contributed by atoms with E-state index >= 15 is 0 Å². The Kier molecular flexibility index (Phi) is 7.18. The van der Waals surface area contributed by atoms with Gasteiger partial charge in [-0.1, -0.05) is 30.3 Å². The maximum Gasteiger partial charge on any atom is 0.270 e. The van der Waals surface area contributed by atoms with Crippen LogP contribution in [0.2, 0.25) is 0 Å².